The smallest absolute Gasteiger partial charge is 0.219 e. The lowest BCUT2D eigenvalue weighted by Gasteiger charge is -2.42. The van der Waals surface area contributed by atoms with Gasteiger partial charge in [0.25, 0.3) is 0 Å². The molecule has 32 heavy (non-hydrogen) atoms. The number of allylic oxidation sites excluding steroid dienone is 3. The first-order valence-electron chi connectivity index (χ1n) is 10.0. The molecule has 2 aliphatic rings. The lowest BCUT2D eigenvalue weighted by atomic mass is 9.69. The number of Topliss-reactive ketones (excluding diaryl/α,β-unsaturated/α-hetero) is 1. The molecule has 2 heterocycles. The molecular formula is C22H21Cl2N5OS2. The molecule has 1 aliphatic heterocycles. The molecule has 0 fully saturated rings. The number of hydrogen-bond acceptors (Lipinski definition) is 8. The predicted octanol–water partition coefficient (Wildman–Crippen LogP) is 5.90. The Labute approximate surface area is 205 Å². The predicted molar refractivity (Wildman–Crippen MR) is 130 cm³/mol. The van der Waals surface area contributed by atoms with E-state index in [9.17, 15) is 10.1 Å². The summed E-state index contributed by atoms with van der Waals surface area (Å²) in [7, 11) is 0. The number of nitriles is 1. The van der Waals surface area contributed by atoms with Crippen molar-refractivity contribution >= 4 is 57.2 Å². The highest BCUT2D eigenvalue weighted by molar-refractivity contribution is 8.01. The molecule has 166 valence electrons. The first-order chi connectivity index (χ1) is 15.2. The van der Waals surface area contributed by atoms with E-state index in [2.05, 4.69) is 30.1 Å². The minimum absolute atomic E-state index is 0.00903. The number of benzene rings is 1. The maximum absolute atomic E-state index is 13.5. The van der Waals surface area contributed by atoms with Gasteiger partial charge in [-0.3, -0.25) is 9.69 Å². The highest BCUT2D eigenvalue weighted by Gasteiger charge is 2.45. The fraction of sp³-hybridized carbons (Fsp3) is 0.364. The van der Waals surface area contributed by atoms with Crippen LogP contribution in [-0.4, -0.2) is 21.7 Å². The Balaban J connectivity index is 1.96. The van der Waals surface area contributed by atoms with Gasteiger partial charge in [-0.2, -0.15) is 5.26 Å². The number of anilines is 1. The van der Waals surface area contributed by atoms with Crippen molar-refractivity contribution in [1.82, 2.24) is 10.2 Å². The standard InChI is InChI=1S/C22H21Cl2N5OS2/c1-4-31-21-28-27-20(32-21)29-15-8-22(2,3)9-16(30)18(15)17(12(10-25)19(29)26)11-5-6-13(23)14(24)7-11/h5-7,17H,4,8-9,26H2,1-3H3. The van der Waals surface area contributed by atoms with Crippen LogP contribution in [0.3, 0.4) is 0 Å². The van der Waals surface area contributed by atoms with Gasteiger partial charge in [0, 0.05) is 17.7 Å². The largest absolute Gasteiger partial charge is 0.384 e. The van der Waals surface area contributed by atoms with Crippen LogP contribution in [-0.2, 0) is 4.79 Å². The number of halogens is 2. The summed E-state index contributed by atoms with van der Waals surface area (Å²) in [6.45, 7) is 6.15. The number of rotatable bonds is 4. The van der Waals surface area contributed by atoms with E-state index in [1.54, 1.807) is 34.9 Å². The number of aromatic nitrogens is 2. The van der Waals surface area contributed by atoms with Gasteiger partial charge in [-0.15, -0.1) is 10.2 Å². The number of thioether (sulfide) groups is 1. The number of hydrogen-bond donors (Lipinski definition) is 1. The molecule has 1 aromatic heterocycles. The molecule has 0 saturated carbocycles. The molecule has 6 nitrogen and oxygen atoms in total. The third-order valence-electron chi connectivity index (χ3n) is 5.51. The quantitative estimate of drug-likeness (QED) is 0.516. The van der Waals surface area contributed by atoms with Crippen LogP contribution in [0.4, 0.5) is 5.13 Å². The van der Waals surface area contributed by atoms with E-state index in [4.69, 9.17) is 28.9 Å². The minimum Gasteiger partial charge on any atom is -0.384 e. The van der Waals surface area contributed by atoms with E-state index < -0.39 is 5.92 Å². The van der Waals surface area contributed by atoms with Gasteiger partial charge in [-0.1, -0.05) is 73.1 Å². The molecule has 4 rings (SSSR count). The Morgan fingerprint density at radius 3 is 2.72 bits per heavy atom. The van der Waals surface area contributed by atoms with Crippen LogP contribution in [0, 0.1) is 16.7 Å². The Morgan fingerprint density at radius 2 is 2.06 bits per heavy atom. The zero-order valence-electron chi connectivity index (χ0n) is 17.8. The molecule has 10 heteroatoms. The van der Waals surface area contributed by atoms with Crippen LogP contribution >= 0.6 is 46.3 Å². The van der Waals surface area contributed by atoms with Gasteiger partial charge in [0.2, 0.25) is 5.13 Å². The summed E-state index contributed by atoms with van der Waals surface area (Å²) >= 11 is 15.4. The normalized spacial score (nSPS) is 20.4. The second kappa shape index (κ2) is 8.71. The third-order valence-corrected chi connectivity index (χ3v) is 8.18. The van der Waals surface area contributed by atoms with Crippen LogP contribution in [0.5, 0.6) is 0 Å². The fourth-order valence-electron chi connectivity index (χ4n) is 4.23. The molecule has 2 N–H and O–H groups in total. The molecule has 1 aromatic carbocycles. The van der Waals surface area contributed by atoms with E-state index in [-0.39, 0.29) is 22.6 Å². The fourth-order valence-corrected chi connectivity index (χ4v) is 6.31. The highest BCUT2D eigenvalue weighted by atomic mass is 35.5. The zero-order chi connectivity index (χ0) is 23.2. The van der Waals surface area contributed by atoms with Crippen molar-refractivity contribution in [2.24, 2.45) is 11.1 Å². The minimum atomic E-state index is -0.609. The first kappa shape index (κ1) is 23.1. The lowest BCUT2D eigenvalue weighted by molar-refractivity contribution is -0.118. The maximum Gasteiger partial charge on any atom is 0.219 e. The molecule has 1 aliphatic carbocycles. The summed E-state index contributed by atoms with van der Waals surface area (Å²) in [5.41, 5.74) is 8.66. The zero-order valence-corrected chi connectivity index (χ0v) is 20.9. The summed E-state index contributed by atoms with van der Waals surface area (Å²) in [4.78, 5) is 15.2. The summed E-state index contributed by atoms with van der Waals surface area (Å²) in [5.74, 6) is 0.506. The van der Waals surface area contributed by atoms with Crippen LogP contribution in [0.2, 0.25) is 10.0 Å². The number of carbonyl (C=O) groups excluding carboxylic acids is 1. The number of ketones is 1. The van der Waals surface area contributed by atoms with Gasteiger partial charge in [0.15, 0.2) is 10.1 Å². The van der Waals surface area contributed by atoms with Gasteiger partial charge in [-0.05, 0) is 35.3 Å². The molecule has 1 unspecified atom stereocenters. The average Bonchev–Trinajstić information content (AvgIpc) is 3.16. The maximum atomic E-state index is 13.5. The van der Waals surface area contributed by atoms with Crippen LogP contribution in [0.15, 0.2) is 45.2 Å². The van der Waals surface area contributed by atoms with Gasteiger partial charge in [0.1, 0.15) is 5.82 Å². The molecule has 1 atom stereocenters. The Hall–Kier alpha value is -2.05. The first-order valence-corrected chi connectivity index (χ1v) is 12.6. The molecule has 0 radical (unpaired) electrons. The molecular weight excluding hydrogens is 485 g/mol. The second-order valence-electron chi connectivity index (χ2n) is 8.44. The molecule has 0 amide bonds. The molecule has 2 aromatic rings. The monoisotopic (exact) mass is 505 g/mol. The van der Waals surface area contributed by atoms with E-state index in [0.29, 0.717) is 39.2 Å². The van der Waals surface area contributed by atoms with Crippen LogP contribution in [0.25, 0.3) is 0 Å². The molecule has 0 saturated heterocycles. The van der Waals surface area contributed by atoms with E-state index in [1.807, 2.05) is 6.92 Å². The van der Waals surface area contributed by atoms with Crippen molar-refractivity contribution in [3.05, 3.63) is 56.5 Å². The summed E-state index contributed by atoms with van der Waals surface area (Å²) in [5, 5.41) is 20.0. The van der Waals surface area contributed by atoms with Gasteiger partial charge in [-0.25, -0.2) is 0 Å². The van der Waals surface area contributed by atoms with Crippen molar-refractivity contribution < 1.29 is 4.79 Å². The van der Waals surface area contributed by atoms with Crippen molar-refractivity contribution in [2.45, 2.75) is 43.9 Å². The number of nitrogens with zero attached hydrogens (tertiary/aromatic N) is 4. The van der Waals surface area contributed by atoms with Gasteiger partial charge >= 0.3 is 0 Å². The average molecular weight is 506 g/mol. The number of carbonyl (C=O) groups is 1. The van der Waals surface area contributed by atoms with Crippen molar-refractivity contribution in [2.75, 3.05) is 10.7 Å². The third kappa shape index (κ3) is 4.03. The van der Waals surface area contributed by atoms with Crippen LogP contribution < -0.4 is 10.6 Å². The van der Waals surface area contributed by atoms with E-state index in [1.165, 1.54) is 11.3 Å². The Kier molecular flexibility index (Phi) is 6.29. The van der Waals surface area contributed by atoms with Crippen molar-refractivity contribution in [1.29, 1.82) is 5.26 Å². The van der Waals surface area contributed by atoms with Crippen LogP contribution in [0.1, 0.15) is 45.1 Å². The number of nitrogens with two attached hydrogens (primary N) is 1. The highest BCUT2D eigenvalue weighted by Crippen LogP contribution is 2.51. The van der Waals surface area contributed by atoms with Crippen molar-refractivity contribution in [3.8, 4) is 6.07 Å². The summed E-state index contributed by atoms with van der Waals surface area (Å²) in [6.07, 6.45) is 0.990. The molecule has 0 spiro atoms. The van der Waals surface area contributed by atoms with E-state index >= 15 is 0 Å². The van der Waals surface area contributed by atoms with E-state index in [0.717, 1.165) is 15.8 Å². The Bertz CT molecular complexity index is 1210. The topological polar surface area (TPSA) is 95.9 Å². The van der Waals surface area contributed by atoms with Gasteiger partial charge in [0.05, 0.1) is 27.6 Å². The SMILES string of the molecule is CCSc1nnc(N2C(N)=C(C#N)C(c3ccc(Cl)c(Cl)c3)C3=C2CC(C)(C)CC3=O)s1. The lowest BCUT2D eigenvalue weighted by Crippen LogP contribution is -2.42. The van der Waals surface area contributed by atoms with Gasteiger partial charge < -0.3 is 5.73 Å². The Morgan fingerprint density at radius 1 is 1.31 bits per heavy atom. The summed E-state index contributed by atoms with van der Waals surface area (Å²) < 4.78 is 0.809. The molecule has 0 bridgehead atoms. The van der Waals surface area contributed by atoms with Crippen molar-refractivity contribution in [3.63, 3.8) is 0 Å². The second-order valence-corrected chi connectivity index (χ2v) is 11.7. The summed E-state index contributed by atoms with van der Waals surface area (Å²) in [6, 6.07) is 7.41.